The fraction of sp³-hybridized carbons (Fsp3) is 0.400. The van der Waals surface area contributed by atoms with Gasteiger partial charge in [0.25, 0.3) is 0 Å². The van der Waals surface area contributed by atoms with Gasteiger partial charge in [0.15, 0.2) is 5.60 Å². The average molecular weight is 343 g/mol. The summed E-state index contributed by atoms with van der Waals surface area (Å²) in [6, 6.07) is 0.810. The predicted octanol–water partition coefficient (Wildman–Crippen LogP) is 2.11. The highest BCUT2D eigenvalue weighted by Gasteiger charge is 2.36. The third-order valence-corrected chi connectivity index (χ3v) is 2.65. The van der Waals surface area contributed by atoms with E-state index >= 15 is 0 Å². The highest BCUT2D eigenvalue weighted by Crippen LogP contribution is 2.35. The number of anilines is 1. The fourth-order valence-electron chi connectivity index (χ4n) is 1.13. The molecule has 0 aromatic carbocycles. The lowest BCUT2D eigenvalue weighted by atomic mass is 10.1. The zero-order chi connectivity index (χ0) is 14.8. The van der Waals surface area contributed by atoms with Crippen molar-refractivity contribution in [3.05, 3.63) is 22.3 Å². The Hall–Kier alpha value is -1.35. The molecular weight excluding hydrogens is 333 g/mol. The molecule has 0 aliphatic carbocycles. The number of aromatic nitrogens is 1. The molecule has 0 amide bonds. The lowest BCUT2D eigenvalue weighted by molar-refractivity contribution is -0.155. The second-order valence-electron chi connectivity index (χ2n) is 3.98. The highest BCUT2D eigenvalue weighted by atomic mass is 79.9. The van der Waals surface area contributed by atoms with Crippen LogP contribution in [-0.4, -0.2) is 33.3 Å². The van der Waals surface area contributed by atoms with E-state index in [9.17, 15) is 23.1 Å². The lowest BCUT2D eigenvalue weighted by Gasteiger charge is -2.20. The van der Waals surface area contributed by atoms with E-state index in [1.807, 2.05) is 0 Å². The first-order valence-electron chi connectivity index (χ1n) is 4.96. The summed E-state index contributed by atoms with van der Waals surface area (Å²) in [6.45, 7) is 0.356. The van der Waals surface area contributed by atoms with Gasteiger partial charge < -0.3 is 15.5 Å². The fourth-order valence-corrected chi connectivity index (χ4v) is 1.46. The predicted molar refractivity (Wildman–Crippen MR) is 63.7 cm³/mol. The Labute approximate surface area is 114 Å². The summed E-state index contributed by atoms with van der Waals surface area (Å²) >= 11 is 2.87. The van der Waals surface area contributed by atoms with Crippen LogP contribution in [0.3, 0.4) is 0 Å². The van der Waals surface area contributed by atoms with Crippen molar-refractivity contribution in [2.75, 3.05) is 11.9 Å². The quantitative estimate of drug-likeness (QED) is 0.780. The number of halogens is 4. The Morgan fingerprint density at radius 2 is 2.11 bits per heavy atom. The topological polar surface area (TPSA) is 82.5 Å². The van der Waals surface area contributed by atoms with Crippen LogP contribution < -0.4 is 5.32 Å². The molecule has 0 aliphatic rings. The molecule has 5 nitrogen and oxygen atoms in total. The summed E-state index contributed by atoms with van der Waals surface area (Å²) in [5.74, 6) is -2.09. The minimum Gasteiger partial charge on any atom is -0.479 e. The van der Waals surface area contributed by atoms with Crippen molar-refractivity contribution in [3.8, 4) is 0 Å². The molecule has 1 atom stereocenters. The van der Waals surface area contributed by atoms with Crippen LogP contribution >= 0.6 is 15.9 Å². The number of hydrogen-bond donors (Lipinski definition) is 3. The Kier molecular flexibility index (Phi) is 4.41. The number of hydrogen-bond acceptors (Lipinski definition) is 4. The molecule has 106 valence electrons. The summed E-state index contributed by atoms with van der Waals surface area (Å²) in [5, 5.41) is 20.3. The van der Waals surface area contributed by atoms with E-state index in [-0.39, 0.29) is 4.47 Å². The Balaban J connectivity index is 3.00. The highest BCUT2D eigenvalue weighted by molar-refractivity contribution is 9.10. The van der Waals surface area contributed by atoms with Gasteiger partial charge in [-0.1, -0.05) is 0 Å². The van der Waals surface area contributed by atoms with Crippen molar-refractivity contribution in [2.24, 2.45) is 0 Å². The zero-order valence-corrected chi connectivity index (χ0v) is 11.2. The van der Waals surface area contributed by atoms with E-state index in [0.717, 1.165) is 19.2 Å². The number of pyridine rings is 1. The van der Waals surface area contributed by atoms with Crippen LogP contribution in [0.5, 0.6) is 0 Å². The van der Waals surface area contributed by atoms with Crippen molar-refractivity contribution in [3.63, 3.8) is 0 Å². The monoisotopic (exact) mass is 342 g/mol. The van der Waals surface area contributed by atoms with Gasteiger partial charge in [0.05, 0.1) is 12.1 Å². The number of rotatable bonds is 4. The standard InChI is InChI=1S/C10H10BrF3N2O3/c1-9(19,8(17)18)4-16-7-6(10(12,13)14)2-5(11)3-15-7/h2-3,19H,4H2,1H3,(H,15,16)(H,17,18). The molecule has 0 saturated heterocycles. The van der Waals surface area contributed by atoms with Crippen LogP contribution in [0.15, 0.2) is 16.7 Å². The van der Waals surface area contributed by atoms with Crippen molar-refractivity contribution in [1.29, 1.82) is 0 Å². The summed E-state index contributed by atoms with van der Waals surface area (Å²) in [4.78, 5) is 14.2. The first-order chi connectivity index (χ1) is 8.54. The van der Waals surface area contributed by atoms with Crippen LogP contribution in [0.4, 0.5) is 19.0 Å². The van der Waals surface area contributed by atoms with Gasteiger partial charge in [-0.3, -0.25) is 0 Å². The first-order valence-corrected chi connectivity index (χ1v) is 5.76. The van der Waals surface area contributed by atoms with Gasteiger partial charge in [0.1, 0.15) is 5.82 Å². The van der Waals surface area contributed by atoms with Crippen molar-refractivity contribution in [2.45, 2.75) is 18.7 Å². The summed E-state index contributed by atoms with van der Waals surface area (Å²) in [5.41, 5.74) is -3.25. The molecule has 0 saturated carbocycles. The van der Waals surface area contributed by atoms with Gasteiger partial charge in [-0.2, -0.15) is 13.2 Å². The molecule has 1 heterocycles. The van der Waals surface area contributed by atoms with E-state index in [2.05, 4.69) is 26.2 Å². The molecule has 0 radical (unpaired) electrons. The van der Waals surface area contributed by atoms with E-state index in [1.54, 1.807) is 0 Å². The molecule has 1 aromatic rings. The van der Waals surface area contributed by atoms with E-state index < -0.39 is 35.7 Å². The Morgan fingerprint density at radius 1 is 1.53 bits per heavy atom. The summed E-state index contributed by atoms with van der Waals surface area (Å²) in [7, 11) is 0. The zero-order valence-electron chi connectivity index (χ0n) is 9.62. The van der Waals surface area contributed by atoms with Crippen molar-refractivity contribution >= 4 is 27.7 Å². The van der Waals surface area contributed by atoms with Crippen LogP contribution in [0.1, 0.15) is 12.5 Å². The van der Waals surface area contributed by atoms with E-state index in [4.69, 9.17) is 5.11 Å². The molecule has 0 bridgehead atoms. The molecule has 0 fully saturated rings. The normalized spacial score (nSPS) is 14.8. The second kappa shape index (κ2) is 5.33. The number of carboxylic acid groups (broad SMARTS) is 1. The number of aliphatic hydroxyl groups is 1. The molecule has 9 heteroatoms. The number of aliphatic carboxylic acids is 1. The molecule has 19 heavy (non-hydrogen) atoms. The van der Waals surface area contributed by atoms with E-state index in [1.165, 1.54) is 0 Å². The Bertz CT molecular complexity index is 491. The molecule has 1 rings (SSSR count). The van der Waals surface area contributed by atoms with Gasteiger partial charge in [0.2, 0.25) is 0 Å². The molecule has 0 spiro atoms. The maximum atomic E-state index is 12.7. The maximum absolute atomic E-state index is 12.7. The van der Waals surface area contributed by atoms with Gasteiger partial charge in [-0.15, -0.1) is 0 Å². The van der Waals surface area contributed by atoms with Gasteiger partial charge in [0, 0.05) is 10.7 Å². The minimum atomic E-state index is -4.64. The van der Waals surface area contributed by atoms with Gasteiger partial charge in [-0.05, 0) is 28.9 Å². The number of nitrogens with zero attached hydrogens (tertiary/aromatic N) is 1. The van der Waals surface area contributed by atoms with Crippen LogP contribution in [-0.2, 0) is 11.0 Å². The van der Waals surface area contributed by atoms with Crippen molar-refractivity contribution < 1.29 is 28.2 Å². The minimum absolute atomic E-state index is 0.135. The lowest BCUT2D eigenvalue weighted by Crippen LogP contribution is -2.42. The number of alkyl halides is 3. The smallest absolute Gasteiger partial charge is 0.419 e. The molecule has 3 N–H and O–H groups in total. The number of carbonyl (C=O) groups is 1. The largest absolute Gasteiger partial charge is 0.479 e. The SMILES string of the molecule is CC(O)(CNc1ncc(Br)cc1C(F)(F)F)C(=O)O. The van der Waals surface area contributed by atoms with Gasteiger partial charge >= 0.3 is 12.1 Å². The molecule has 0 aliphatic heterocycles. The molecule has 1 aromatic heterocycles. The number of nitrogens with one attached hydrogen (secondary N) is 1. The maximum Gasteiger partial charge on any atom is 0.419 e. The average Bonchev–Trinajstić information content (AvgIpc) is 2.26. The molecule has 1 unspecified atom stereocenters. The van der Waals surface area contributed by atoms with Crippen LogP contribution in [0, 0.1) is 0 Å². The summed E-state index contributed by atoms with van der Waals surface area (Å²) < 4.78 is 38.3. The van der Waals surface area contributed by atoms with Crippen LogP contribution in [0.2, 0.25) is 0 Å². The van der Waals surface area contributed by atoms with Gasteiger partial charge in [-0.25, -0.2) is 9.78 Å². The summed E-state index contributed by atoms with van der Waals surface area (Å²) in [6.07, 6.45) is -3.51. The number of carboxylic acids is 1. The second-order valence-corrected chi connectivity index (χ2v) is 4.90. The van der Waals surface area contributed by atoms with E-state index in [0.29, 0.717) is 0 Å². The van der Waals surface area contributed by atoms with Crippen molar-refractivity contribution in [1.82, 2.24) is 4.98 Å². The van der Waals surface area contributed by atoms with Crippen LogP contribution in [0.25, 0.3) is 0 Å². The molecular formula is C10H10BrF3N2O3. The Morgan fingerprint density at radius 3 is 2.58 bits per heavy atom. The third kappa shape index (κ3) is 4.06. The first kappa shape index (κ1) is 15.7. The third-order valence-electron chi connectivity index (χ3n) is 2.22.